The average Bonchev–Trinajstić information content (AvgIpc) is 2.49. The third-order valence-corrected chi connectivity index (χ3v) is 4.95. The lowest BCUT2D eigenvalue weighted by molar-refractivity contribution is -0.156. The summed E-state index contributed by atoms with van der Waals surface area (Å²) in [6, 6.07) is 0. The quantitative estimate of drug-likeness (QED) is 0.846. The summed E-state index contributed by atoms with van der Waals surface area (Å²) in [6.45, 7) is 4.08. The minimum atomic E-state index is -0.813. The zero-order valence-corrected chi connectivity index (χ0v) is 13.0. The number of piperidine rings is 1. The van der Waals surface area contributed by atoms with Crippen LogP contribution in [0.4, 0.5) is 0 Å². The first-order valence-corrected chi connectivity index (χ1v) is 8.20. The number of likely N-dealkylation sites (tertiary alicyclic amines) is 1. The summed E-state index contributed by atoms with van der Waals surface area (Å²) in [6.07, 6.45) is 6.36. The monoisotopic (exact) mass is 297 g/mol. The number of carboxylic acid groups (broad SMARTS) is 1. The first-order chi connectivity index (χ1) is 10.1. The number of carboxylic acids is 1. The Kier molecular flexibility index (Phi) is 5.62. The number of hydrogen-bond donors (Lipinski definition) is 1. The van der Waals surface area contributed by atoms with Gasteiger partial charge in [-0.2, -0.15) is 0 Å². The first-order valence-electron chi connectivity index (χ1n) is 8.20. The van der Waals surface area contributed by atoms with E-state index in [1.54, 1.807) is 0 Å². The summed E-state index contributed by atoms with van der Waals surface area (Å²) in [4.78, 5) is 25.9. The number of amides is 1. The molecule has 0 spiro atoms. The fourth-order valence-corrected chi connectivity index (χ4v) is 3.60. The van der Waals surface area contributed by atoms with Crippen LogP contribution in [-0.2, 0) is 14.3 Å². The third-order valence-electron chi connectivity index (χ3n) is 4.95. The third kappa shape index (κ3) is 3.96. The molecule has 1 N–H and O–H groups in total. The number of hydrogen-bond acceptors (Lipinski definition) is 3. The van der Waals surface area contributed by atoms with Crippen molar-refractivity contribution in [3.63, 3.8) is 0 Å². The number of nitrogens with zero attached hydrogens (tertiary/aromatic N) is 1. The smallest absolute Gasteiger partial charge is 0.310 e. The SMILES string of the molecule is CCOC1CCN(C(=O)CC2(C(=O)O)CCCCC2)CC1. The Morgan fingerprint density at radius 3 is 2.33 bits per heavy atom. The highest BCUT2D eigenvalue weighted by Crippen LogP contribution is 2.40. The fraction of sp³-hybridized carbons (Fsp3) is 0.875. The predicted octanol–water partition coefficient (Wildman–Crippen LogP) is 2.44. The molecule has 2 aliphatic rings. The molecule has 0 bridgehead atoms. The van der Waals surface area contributed by atoms with Crippen LogP contribution in [0.5, 0.6) is 0 Å². The molecular formula is C16H27NO4. The molecule has 0 aromatic heterocycles. The number of aliphatic carboxylic acids is 1. The molecule has 5 nitrogen and oxygen atoms in total. The maximum Gasteiger partial charge on any atom is 0.310 e. The van der Waals surface area contributed by atoms with Crippen molar-refractivity contribution in [2.24, 2.45) is 5.41 Å². The van der Waals surface area contributed by atoms with Crippen LogP contribution < -0.4 is 0 Å². The number of carbonyl (C=O) groups is 2. The van der Waals surface area contributed by atoms with Gasteiger partial charge in [0.25, 0.3) is 0 Å². The zero-order chi connectivity index (χ0) is 15.3. The van der Waals surface area contributed by atoms with Crippen LogP contribution in [0.3, 0.4) is 0 Å². The van der Waals surface area contributed by atoms with E-state index in [1.807, 2.05) is 11.8 Å². The van der Waals surface area contributed by atoms with Crippen molar-refractivity contribution in [2.45, 2.75) is 64.4 Å². The van der Waals surface area contributed by atoms with Gasteiger partial charge in [0.05, 0.1) is 11.5 Å². The summed E-state index contributed by atoms with van der Waals surface area (Å²) in [7, 11) is 0. The van der Waals surface area contributed by atoms with Crippen LogP contribution in [0.15, 0.2) is 0 Å². The molecule has 0 radical (unpaired) electrons. The van der Waals surface area contributed by atoms with Crippen LogP contribution >= 0.6 is 0 Å². The topological polar surface area (TPSA) is 66.8 Å². The van der Waals surface area contributed by atoms with Gasteiger partial charge in [0.1, 0.15) is 0 Å². The standard InChI is InChI=1S/C16H27NO4/c1-2-21-13-6-10-17(11-7-13)14(18)12-16(15(19)20)8-4-3-5-9-16/h13H,2-12H2,1H3,(H,19,20). The summed E-state index contributed by atoms with van der Waals surface area (Å²) in [5.41, 5.74) is -0.813. The number of ether oxygens (including phenoxy) is 1. The van der Waals surface area contributed by atoms with Gasteiger partial charge in [-0.25, -0.2) is 0 Å². The maximum atomic E-state index is 12.5. The molecule has 5 heteroatoms. The highest BCUT2D eigenvalue weighted by Gasteiger charge is 2.42. The Morgan fingerprint density at radius 2 is 1.81 bits per heavy atom. The van der Waals surface area contributed by atoms with Crippen LogP contribution in [-0.4, -0.2) is 47.7 Å². The van der Waals surface area contributed by atoms with E-state index in [0.29, 0.717) is 32.5 Å². The summed E-state index contributed by atoms with van der Waals surface area (Å²) in [5.74, 6) is -0.783. The minimum Gasteiger partial charge on any atom is -0.481 e. The van der Waals surface area contributed by atoms with Gasteiger partial charge < -0.3 is 14.7 Å². The molecule has 1 heterocycles. The Labute approximate surface area is 126 Å². The van der Waals surface area contributed by atoms with Gasteiger partial charge in [-0.1, -0.05) is 19.3 Å². The Morgan fingerprint density at radius 1 is 1.19 bits per heavy atom. The second-order valence-corrected chi connectivity index (χ2v) is 6.36. The van der Waals surface area contributed by atoms with Gasteiger partial charge in [0, 0.05) is 26.1 Å². The molecule has 0 aromatic rings. The fourth-order valence-electron chi connectivity index (χ4n) is 3.60. The largest absolute Gasteiger partial charge is 0.481 e. The predicted molar refractivity (Wildman–Crippen MR) is 79.0 cm³/mol. The van der Waals surface area contributed by atoms with E-state index in [2.05, 4.69) is 0 Å². The molecule has 120 valence electrons. The highest BCUT2D eigenvalue weighted by molar-refractivity contribution is 5.85. The van der Waals surface area contributed by atoms with Gasteiger partial charge in [0.2, 0.25) is 5.91 Å². The molecule has 2 rings (SSSR count). The van der Waals surface area contributed by atoms with E-state index < -0.39 is 11.4 Å². The van der Waals surface area contributed by atoms with Crippen molar-refractivity contribution in [3.8, 4) is 0 Å². The second-order valence-electron chi connectivity index (χ2n) is 6.36. The van der Waals surface area contributed by atoms with E-state index in [-0.39, 0.29) is 18.4 Å². The van der Waals surface area contributed by atoms with Crippen molar-refractivity contribution in [3.05, 3.63) is 0 Å². The van der Waals surface area contributed by atoms with E-state index in [4.69, 9.17) is 4.74 Å². The molecule has 1 saturated heterocycles. The second kappa shape index (κ2) is 7.25. The molecule has 1 aliphatic heterocycles. The van der Waals surface area contributed by atoms with Gasteiger partial charge >= 0.3 is 5.97 Å². The van der Waals surface area contributed by atoms with Crippen molar-refractivity contribution in [2.75, 3.05) is 19.7 Å². The van der Waals surface area contributed by atoms with Crippen molar-refractivity contribution < 1.29 is 19.4 Å². The van der Waals surface area contributed by atoms with Crippen LogP contribution in [0.25, 0.3) is 0 Å². The van der Waals surface area contributed by atoms with Crippen molar-refractivity contribution >= 4 is 11.9 Å². The Balaban J connectivity index is 1.90. The van der Waals surface area contributed by atoms with Crippen LogP contribution in [0.2, 0.25) is 0 Å². The van der Waals surface area contributed by atoms with Crippen LogP contribution in [0, 0.1) is 5.41 Å². The minimum absolute atomic E-state index is 0.00856. The van der Waals surface area contributed by atoms with Crippen molar-refractivity contribution in [1.29, 1.82) is 0 Å². The Bertz CT molecular complexity index is 368. The molecule has 0 atom stereocenters. The Hall–Kier alpha value is -1.10. The van der Waals surface area contributed by atoms with E-state index >= 15 is 0 Å². The first kappa shape index (κ1) is 16.3. The van der Waals surface area contributed by atoms with E-state index in [1.165, 1.54) is 0 Å². The molecule has 2 fully saturated rings. The summed E-state index contributed by atoms with van der Waals surface area (Å²) < 4.78 is 5.59. The number of carbonyl (C=O) groups excluding carboxylic acids is 1. The maximum absolute atomic E-state index is 12.5. The average molecular weight is 297 g/mol. The molecule has 0 aromatic carbocycles. The lowest BCUT2D eigenvalue weighted by atomic mass is 9.71. The van der Waals surface area contributed by atoms with Gasteiger partial charge in [-0.3, -0.25) is 9.59 Å². The lowest BCUT2D eigenvalue weighted by Gasteiger charge is -2.37. The van der Waals surface area contributed by atoms with E-state index in [9.17, 15) is 14.7 Å². The molecule has 1 amide bonds. The normalized spacial score (nSPS) is 23.0. The summed E-state index contributed by atoms with van der Waals surface area (Å²) in [5, 5.41) is 9.56. The molecule has 0 unspecified atom stereocenters. The van der Waals surface area contributed by atoms with Crippen molar-refractivity contribution in [1.82, 2.24) is 4.90 Å². The summed E-state index contributed by atoms with van der Waals surface area (Å²) >= 11 is 0. The number of rotatable bonds is 5. The van der Waals surface area contributed by atoms with E-state index in [0.717, 1.165) is 32.1 Å². The molecule has 21 heavy (non-hydrogen) atoms. The molecule has 1 saturated carbocycles. The molecular weight excluding hydrogens is 270 g/mol. The lowest BCUT2D eigenvalue weighted by Crippen LogP contribution is -2.45. The van der Waals surface area contributed by atoms with Gasteiger partial charge in [0.15, 0.2) is 0 Å². The molecule has 1 aliphatic carbocycles. The van der Waals surface area contributed by atoms with Gasteiger partial charge in [-0.05, 0) is 32.6 Å². The zero-order valence-electron chi connectivity index (χ0n) is 13.0. The highest BCUT2D eigenvalue weighted by atomic mass is 16.5. The van der Waals surface area contributed by atoms with Crippen LogP contribution in [0.1, 0.15) is 58.3 Å². The van der Waals surface area contributed by atoms with Gasteiger partial charge in [-0.15, -0.1) is 0 Å².